The lowest BCUT2D eigenvalue weighted by Crippen LogP contribution is -2.43. The molecule has 1 aromatic rings. The number of hydrogen-bond donors (Lipinski definition) is 3. The van der Waals surface area contributed by atoms with Crippen molar-refractivity contribution in [1.82, 2.24) is 25.1 Å². The van der Waals surface area contributed by atoms with Crippen molar-refractivity contribution in [3.05, 3.63) is 17.0 Å². The highest BCUT2D eigenvalue weighted by Gasteiger charge is 2.14. The van der Waals surface area contributed by atoms with E-state index in [1.807, 2.05) is 25.6 Å². The molecule has 3 N–H and O–H groups in total. The molecule has 0 radical (unpaired) electrons. The van der Waals surface area contributed by atoms with Crippen molar-refractivity contribution < 1.29 is 8.42 Å². The topological polar surface area (TPSA) is 100 Å². The van der Waals surface area contributed by atoms with Gasteiger partial charge in [-0.1, -0.05) is 0 Å². The summed E-state index contributed by atoms with van der Waals surface area (Å²) in [5, 5.41) is 11.0. The molecule has 0 fully saturated rings. The van der Waals surface area contributed by atoms with Gasteiger partial charge in [0, 0.05) is 31.9 Å². The smallest absolute Gasteiger partial charge is 0.208 e. The summed E-state index contributed by atoms with van der Waals surface area (Å²) in [5.41, 5.74) is 3.45. The van der Waals surface area contributed by atoms with Crippen molar-refractivity contribution in [3.63, 3.8) is 0 Å². The third-order valence-electron chi connectivity index (χ3n) is 3.64. The molecule has 1 rings (SSSR count). The first-order valence-electron chi connectivity index (χ1n) is 8.12. The number of guanidine groups is 1. The number of nitrogens with one attached hydrogen (secondary N) is 3. The molecule has 146 valence electrons. The average Bonchev–Trinajstić information content (AvgIpc) is 2.69. The van der Waals surface area contributed by atoms with Crippen LogP contribution in [0.2, 0.25) is 0 Å². The van der Waals surface area contributed by atoms with Crippen LogP contribution in [0.3, 0.4) is 0 Å². The lowest BCUT2D eigenvalue weighted by atomic mass is 10.1. The minimum absolute atomic E-state index is 0. The summed E-state index contributed by atoms with van der Waals surface area (Å²) >= 11 is 0. The number of halogens is 1. The molecule has 0 aliphatic rings. The summed E-state index contributed by atoms with van der Waals surface area (Å²) in [7, 11) is -1.23. The average molecular weight is 486 g/mol. The minimum Gasteiger partial charge on any atom is -0.357 e. The maximum absolute atomic E-state index is 11.0. The van der Waals surface area contributed by atoms with Crippen LogP contribution in [-0.2, 0) is 23.5 Å². The van der Waals surface area contributed by atoms with Crippen LogP contribution in [0, 0.1) is 13.8 Å². The summed E-state index contributed by atoms with van der Waals surface area (Å²) in [6.45, 7) is 9.57. The summed E-state index contributed by atoms with van der Waals surface area (Å²) in [4.78, 5) is 4.39. The van der Waals surface area contributed by atoms with Gasteiger partial charge in [0.25, 0.3) is 0 Å². The van der Waals surface area contributed by atoms with Crippen molar-refractivity contribution in [2.24, 2.45) is 12.0 Å². The van der Waals surface area contributed by atoms with Gasteiger partial charge < -0.3 is 10.6 Å². The standard InChI is InChI=1S/C15H30N6O2S.HI/c1-7-16-15(17-8-9-18-24(6,22)23)19-11(2)10-14-12(3)20-21(5)13(14)4;/h11,18H,7-10H2,1-6H3,(H2,16,17,19);1H. The van der Waals surface area contributed by atoms with Crippen LogP contribution in [0.4, 0.5) is 0 Å². The molecule has 1 atom stereocenters. The van der Waals surface area contributed by atoms with Crippen LogP contribution in [0.25, 0.3) is 0 Å². The molecule has 0 saturated carbocycles. The Kier molecular flexibility index (Phi) is 10.6. The zero-order chi connectivity index (χ0) is 18.3. The Balaban J connectivity index is 0.00000576. The van der Waals surface area contributed by atoms with E-state index in [9.17, 15) is 8.42 Å². The second-order valence-electron chi connectivity index (χ2n) is 5.95. The van der Waals surface area contributed by atoms with E-state index in [2.05, 4.69) is 39.3 Å². The molecule has 0 aromatic carbocycles. The molecular formula is C15H31IN6O2S. The summed E-state index contributed by atoms with van der Waals surface area (Å²) in [5.74, 6) is 0.680. The van der Waals surface area contributed by atoms with Gasteiger partial charge in [0.1, 0.15) is 0 Å². The van der Waals surface area contributed by atoms with Crippen molar-refractivity contribution in [3.8, 4) is 0 Å². The zero-order valence-electron chi connectivity index (χ0n) is 15.9. The number of hydrogen-bond acceptors (Lipinski definition) is 4. The fraction of sp³-hybridized carbons (Fsp3) is 0.733. The van der Waals surface area contributed by atoms with Gasteiger partial charge in [-0.3, -0.25) is 9.67 Å². The van der Waals surface area contributed by atoms with E-state index in [0.29, 0.717) is 12.5 Å². The van der Waals surface area contributed by atoms with Crippen molar-refractivity contribution in [2.45, 2.75) is 40.2 Å². The van der Waals surface area contributed by atoms with Crippen molar-refractivity contribution in [2.75, 3.05) is 25.9 Å². The van der Waals surface area contributed by atoms with Gasteiger partial charge in [0.05, 0.1) is 18.5 Å². The van der Waals surface area contributed by atoms with Gasteiger partial charge in [-0.25, -0.2) is 13.1 Å². The predicted molar refractivity (Wildman–Crippen MR) is 113 cm³/mol. The molecule has 1 heterocycles. The number of sulfonamides is 1. The highest BCUT2D eigenvalue weighted by Crippen LogP contribution is 2.14. The van der Waals surface area contributed by atoms with Crippen LogP contribution in [-0.4, -0.2) is 56.1 Å². The largest absolute Gasteiger partial charge is 0.357 e. The lowest BCUT2D eigenvalue weighted by Gasteiger charge is -2.18. The van der Waals surface area contributed by atoms with Gasteiger partial charge in [0.2, 0.25) is 10.0 Å². The molecule has 1 unspecified atom stereocenters. The Morgan fingerprint density at radius 3 is 2.48 bits per heavy atom. The second kappa shape index (κ2) is 11.0. The first-order chi connectivity index (χ1) is 11.1. The Hall–Kier alpha value is -0.880. The molecule has 0 bridgehead atoms. The quantitative estimate of drug-likeness (QED) is 0.217. The van der Waals surface area contributed by atoms with Gasteiger partial charge in [-0.05, 0) is 39.7 Å². The highest BCUT2D eigenvalue weighted by molar-refractivity contribution is 14.0. The maximum Gasteiger partial charge on any atom is 0.208 e. The van der Waals surface area contributed by atoms with E-state index in [0.717, 1.165) is 24.9 Å². The number of aliphatic imine (C=N–C) groups is 1. The van der Waals surface area contributed by atoms with Crippen molar-refractivity contribution in [1.29, 1.82) is 0 Å². The van der Waals surface area contributed by atoms with E-state index in [4.69, 9.17) is 0 Å². The number of rotatable bonds is 8. The summed E-state index contributed by atoms with van der Waals surface area (Å²) in [6.07, 6.45) is 1.98. The first-order valence-corrected chi connectivity index (χ1v) is 10.0. The molecule has 10 heteroatoms. The Morgan fingerprint density at radius 1 is 1.36 bits per heavy atom. The van der Waals surface area contributed by atoms with E-state index in [1.165, 1.54) is 11.3 Å². The minimum atomic E-state index is -3.17. The van der Waals surface area contributed by atoms with E-state index in [-0.39, 0.29) is 36.6 Å². The third kappa shape index (κ3) is 8.86. The Morgan fingerprint density at radius 2 is 2.00 bits per heavy atom. The van der Waals surface area contributed by atoms with E-state index in [1.54, 1.807) is 0 Å². The van der Waals surface area contributed by atoms with Crippen LogP contribution in [0.1, 0.15) is 30.8 Å². The fourth-order valence-electron chi connectivity index (χ4n) is 2.42. The first kappa shape index (κ1) is 24.1. The van der Waals surface area contributed by atoms with Gasteiger partial charge in [-0.2, -0.15) is 5.10 Å². The van der Waals surface area contributed by atoms with Gasteiger partial charge in [0.15, 0.2) is 5.96 Å². The summed E-state index contributed by atoms with van der Waals surface area (Å²) in [6, 6.07) is 0.173. The normalized spacial score (nSPS) is 13.3. The molecule has 0 aliphatic carbocycles. The van der Waals surface area contributed by atoms with Crippen LogP contribution >= 0.6 is 24.0 Å². The molecule has 1 aromatic heterocycles. The summed E-state index contributed by atoms with van der Waals surface area (Å²) < 4.78 is 26.4. The predicted octanol–water partition coefficient (Wildman–Crippen LogP) is 0.690. The zero-order valence-corrected chi connectivity index (χ0v) is 19.0. The fourth-order valence-corrected chi connectivity index (χ4v) is 2.88. The van der Waals surface area contributed by atoms with Crippen LogP contribution < -0.4 is 15.4 Å². The van der Waals surface area contributed by atoms with Crippen molar-refractivity contribution >= 4 is 40.0 Å². The molecule has 0 saturated heterocycles. The van der Waals surface area contributed by atoms with Gasteiger partial charge >= 0.3 is 0 Å². The number of nitrogens with zero attached hydrogens (tertiary/aromatic N) is 3. The second-order valence-corrected chi connectivity index (χ2v) is 7.78. The lowest BCUT2D eigenvalue weighted by molar-refractivity contribution is 0.588. The molecule has 8 nitrogen and oxygen atoms in total. The molecule has 0 spiro atoms. The molecule has 25 heavy (non-hydrogen) atoms. The Labute approximate surface area is 168 Å². The highest BCUT2D eigenvalue weighted by atomic mass is 127. The van der Waals surface area contributed by atoms with E-state index < -0.39 is 10.0 Å². The number of aryl methyl sites for hydroxylation is 2. The monoisotopic (exact) mass is 486 g/mol. The maximum atomic E-state index is 11.0. The Bertz CT molecular complexity index is 672. The van der Waals surface area contributed by atoms with Crippen LogP contribution in [0.5, 0.6) is 0 Å². The number of aromatic nitrogens is 2. The van der Waals surface area contributed by atoms with E-state index >= 15 is 0 Å². The third-order valence-corrected chi connectivity index (χ3v) is 4.37. The molecular weight excluding hydrogens is 455 g/mol. The SMILES string of the molecule is CCNC(=NCCNS(C)(=O)=O)NC(C)Cc1c(C)nn(C)c1C.I. The molecule has 0 aliphatic heterocycles. The van der Waals surface area contributed by atoms with Crippen LogP contribution in [0.15, 0.2) is 4.99 Å². The molecule has 0 amide bonds. The van der Waals surface area contributed by atoms with Gasteiger partial charge in [-0.15, -0.1) is 24.0 Å².